The second-order valence-electron chi connectivity index (χ2n) is 6.35. The fraction of sp³-hybridized carbons (Fsp3) is 0.333. The first-order valence-corrected chi connectivity index (χ1v) is 9.02. The molecular weight excluding hydrogens is 326 g/mol. The lowest BCUT2D eigenvalue weighted by molar-refractivity contribution is 0.268. The third-order valence-corrected chi connectivity index (χ3v) is 4.41. The molecule has 3 rings (SSSR count). The molecule has 26 heavy (non-hydrogen) atoms. The summed E-state index contributed by atoms with van der Waals surface area (Å²) in [5, 5.41) is 0. The highest BCUT2D eigenvalue weighted by molar-refractivity contribution is 5.46. The van der Waals surface area contributed by atoms with Crippen LogP contribution in [0.15, 0.2) is 53.5 Å². The van der Waals surface area contributed by atoms with Crippen molar-refractivity contribution < 1.29 is 4.74 Å². The quantitative estimate of drug-likeness (QED) is 0.654. The van der Waals surface area contributed by atoms with Crippen LogP contribution in [0.2, 0.25) is 0 Å². The van der Waals surface area contributed by atoms with Crippen LogP contribution in [0.1, 0.15) is 30.7 Å². The smallest absolute Gasteiger partial charge is 0.258 e. The Hall–Kier alpha value is -2.66. The van der Waals surface area contributed by atoms with E-state index in [-0.39, 0.29) is 5.56 Å². The number of aryl methyl sites for hydroxylation is 1. The third kappa shape index (κ3) is 4.11. The van der Waals surface area contributed by atoms with E-state index in [4.69, 9.17) is 9.72 Å². The van der Waals surface area contributed by atoms with Crippen LogP contribution < -0.4 is 10.3 Å². The van der Waals surface area contributed by atoms with Crippen molar-refractivity contribution in [2.24, 2.45) is 0 Å². The highest BCUT2D eigenvalue weighted by atomic mass is 16.5. The molecular formula is C21H25N3O2. The van der Waals surface area contributed by atoms with Crippen LogP contribution >= 0.6 is 0 Å². The summed E-state index contributed by atoms with van der Waals surface area (Å²) in [6.45, 7) is 9.07. The van der Waals surface area contributed by atoms with Crippen molar-refractivity contribution in [3.63, 3.8) is 0 Å². The van der Waals surface area contributed by atoms with E-state index in [1.54, 1.807) is 16.7 Å². The summed E-state index contributed by atoms with van der Waals surface area (Å²) >= 11 is 0. The maximum atomic E-state index is 12.4. The Balaban J connectivity index is 1.78. The molecule has 0 aliphatic rings. The van der Waals surface area contributed by atoms with Crippen LogP contribution in [0, 0.1) is 6.92 Å². The summed E-state index contributed by atoms with van der Waals surface area (Å²) < 4.78 is 7.09. The van der Waals surface area contributed by atoms with Crippen LogP contribution in [0.5, 0.6) is 5.75 Å². The van der Waals surface area contributed by atoms with Gasteiger partial charge in [-0.25, -0.2) is 4.98 Å². The van der Waals surface area contributed by atoms with Gasteiger partial charge >= 0.3 is 0 Å². The highest BCUT2D eigenvalue weighted by Gasteiger charge is 2.09. The standard InChI is InChI=1S/C21H25N3O2/c1-4-23(14-17-8-10-19(11-9-17)26-5-2)15-18-13-20(25)24-12-6-7-16(3)21(24)22-18/h6-13H,4-5,14-15H2,1-3H3. The van der Waals surface area contributed by atoms with Crippen LogP contribution in [-0.2, 0) is 13.1 Å². The number of hydrogen-bond acceptors (Lipinski definition) is 4. The molecule has 0 atom stereocenters. The normalized spacial score (nSPS) is 11.2. The molecule has 3 aromatic rings. The molecule has 0 saturated heterocycles. The van der Waals surface area contributed by atoms with Gasteiger partial charge in [-0.1, -0.05) is 25.1 Å². The first-order chi connectivity index (χ1) is 12.6. The first-order valence-electron chi connectivity index (χ1n) is 9.02. The predicted molar refractivity (Wildman–Crippen MR) is 104 cm³/mol. The zero-order valence-corrected chi connectivity index (χ0v) is 15.6. The van der Waals surface area contributed by atoms with Gasteiger partial charge in [-0.05, 0) is 49.7 Å². The number of benzene rings is 1. The summed E-state index contributed by atoms with van der Waals surface area (Å²) in [6.07, 6.45) is 1.76. The Morgan fingerprint density at radius 2 is 1.88 bits per heavy atom. The molecule has 0 saturated carbocycles. The topological polar surface area (TPSA) is 46.8 Å². The van der Waals surface area contributed by atoms with Gasteiger partial charge in [-0.2, -0.15) is 0 Å². The summed E-state index contributed by atoms with van der Waals surface area (Å²) in [6, 6.07) is 13.6. The minimum atomic E-state index is -0.0363. The Kier molecular flexibility index (Phi) is 5.68. The van der Waals surface area contributed by atoms with E-state index in [0.29, 0.717) is 13.2 Å². The van der Waals surface area contributed by atoms with E-state index < -0.39 is 0 Å². The number of ether oxygens (including phenoxy) is 1. The molecule has 5 heteroatoms. The molecule has 2 heterocycles. The van der Waals surface area contributed by atoms with E-state index in [9.17, 15) is 4.79 Å². The van der Waals surface area contributed by atoms with Gasteiger partial charge in [0.05, 0.1) is 12.3 Å². The average molecular weight is 351 g/mol. The maximum absolute atomic E-state index is 12.4. The van der Waals surface area contributed by atoms with Gasteiger partial charge in [-0.15, -0.1) is 0 Å². The number of pyridine rings is 1. The van der Waals surface area contributed by atoms with Crippen LogP contribution in [0.3, 0.4) is 0 Å². The molecule has 0 fully saturated rings. The number of hydrogen-bond donors (Lipinski definition) is 0. The predicted octanol–water partition coefficient (Wildman–Crippen LogP) is 3.42. The zero-order valence-electron chi connectivity index (χ0n) is 15.6. The Morgan fingerprint density at radius 3 is 2.58 bits per heavy atom. The summed E-state index contributed by atoms with van der Waals surface area (Å²) in [7, 11) is 0. The van der Waals surface area contributed by atoms with Crippen molar-refractivity contribution >= 4 is 5.65 Å². The molecule has 136 valence electrons. The monoisotopic (exact) mass is 351 g/mol. The Bertz CT molecular complexity index is 932. The van der Waals surface area contributed by atoms with Crippen LogP contribution in [0.25, 0.3) is 5.65 Å². The van der Waals surface area contributed by atoms with Gasteiger partial charge in [0.15, 0.2) is 0 Å². The summed E-state index contributed by atoms with van der Waals surface area (Å²) in [5.41, 5.74) is 3.71. The molecule has 1 aromatic carbocycles. The minimum absolute atomic E-state index is 0.0363. The number of rotatable bonds is 7. The molecule has 0 spiro atoms. The van der Waals surface area contributed by atoms with Gasteiger partial charge in [0, 0.05) is 25.4 Å². The number of aromatic nitrogens is 2. The number of nitrogens with zero attached hydrogens (tertiary/aromatic N) is 3. The second-order valence-corrected chi connectivity index (χ2v) is 6.35. The van der Waals surface area contributed by atoms with Gasteiger partial charge < -0.3 is 4.74 Å². The van der Waals surface area contributed by atoms with E-state index in [1.807, 2.05) is 38.1 Å². The van der Waals surface area contributed by atoms with E-state index in [0.717, 1.165) is 35.7 Å². The Labute approximate surface area is 153 Å². The molecule has 0 N–H and O–H groups in total. The van der Waals surface area contributed by atoms with Crippen molar-refractivity contribution in [3.8, 4) is 5.75 Å². The fourth-order valence-corrected chi connectivity index (χ4v) is 3.01. The molecule has 0 bridgehead atoms. The molecule has 0 unspecified atom stereocenters. The Morgan fingerprint density at radius 1 is 1.12 bits per heavy atom. The van der Waals surface area contributed by atoms with Gasteiger partial charge in [-0.3, -0.25) is 14.1 Å². The van der Waals surface area contributed by atoms with E-state index in [1.165, 1.54) is 5.56 Å². The third-order valence-electron chi connectivity index (χ3n) is 4.41. The molecule has 0 aliphatic heterocycles. The average Bonchev–Trinajstić information content (AvgIpc) is 2.64. The van der Waals surface area contributed by atoms with E-state index in [2.05, 4.69) is 24.0 Å². The minimum Gasteiger partial charge on any atom is -0.494 e. The zero-order chi connectivity index (χ0) is 18.5. The lowest BCUT2D eigenvalue weighted by atomic mass is 10.2. The lowest BCUT2D eigenvalue weighted by Crippen LogP contribution is -2.25. The van der Waals surface area contributed by atoms with Gasteiger partial charge in [0.2, 0.25) is 0 Å². The molecule has 0 radical (unpaired) electrons. The SMILES string of the molecule is CCOc1ccc(CN(CC)Cc2cc(=O)n3cccc(C)c3n2)cc1. The first kappa shape index (κ1) is 18.1. The molecule has 0 aliphatic carbocycles. The van der Waals surface area contributed by atoms with Crippen molar-refractivity contribution in [3.05, 3.63) is 75.8 Å². The van der Waals surface area contributed by atoms with Gasteiger partial charge in [0.1, 0.15) is 11.4 Å². The summed E-state index contributed by atoms with van der Waals surface area (Å²) in [5.74, 6) is 0.888. The molecule has 5 nitrogen and oxygen atoms in total. The van der Waals surface area contributed by atoms with E-state index >= 15 is 0 Å². The molecule has 0 amide bonds. The maximum Gasteiger partial charge on any atom is 0.258 e. The van der Waals surface area contributed by atoms with Crippen molar-refractivity contribution in [2.45, 2.75) is 33.9 Å². The van der Waals surface area contributed by atoms with Gasteiger partial charge in [0.25, 0.3) is 5.56 Å². The van der Waals surface area contributed by atoms with Crippen molar-refractivity contribution in [2.75, 3.05) is 13.2 Å². The largest absolute Gasteiger partial charge is 0.494 e. The number of fused-ring (bicyclic) bond motifs is 1. The van der Waals surface area contributed by atoms with Crippen LogP contribution in [-0.4, -0.2) is 27.4 Å². The van der Waals surface area contributed by atoms with Crippen molar-refractivity contribution in [1.29, 1.82) is 0 Å². The van der Waals surface area contributed by atoms with Crippen molar-refractivity contribution in [1.82, 2.24) is 14.3 Å². The highest BCUT2D eigenvalue weighted by Crippen LogP contribution is 2.15. The van der Waals surface area contributed by atoms with Crippen LogP contribution in [0.4, 0.5) is 0 Å². The lowest BCUT2D eigenvalue weighted by Gasteiger charge is -2.20. The second kappa shape index (κ2) is 8.15. The molecule has 2 aromatic heterocycles. The fourth-order valence-electron chi connectivity index (χ4n) is 3.01. The summed E-state index contributed by atoms with van der Waals surface area (Å²) in [4.78, 5) is 19.3.